The van der Waals surface area contributed by atoms with Gasteiger partial charge in [-0.3, -0.25) is 14.5 Å². The number of hydrogen-bond acceptors (Lipinski definition) is 7. The molecule has 1 aromatic heterocycles. The molecule has 0 spiro atoms. The lowest BCUT2D eigenvalue weighted by atomic mass is 9.95. The van der Waals surface area contributed by atoms with E-state index in [1.54, 1.807) is 48.5 Å². The summed E-state index contributed by atoms with van der Waals surface area (Å²) in [7, 11) is 0. The molecule has 0 aliphatic carbocycles. The Kier molecular flexibility index (Phi) is 7.35. The molecule has 1 aliphatic heterocycles. The number of carbonyl (C=O) groups is 2. The normalized spacial score (nSPS) is 16.8. The van der Waals surface area contributed by atoms with Crippen LogP contribution in [-0.2, 0) is 9.59 Å². The molecule has 3 aromatic carbocycles. The van der Waals surface area contributed by atoms with E-state index < -0.39 is 17.7 Å². The Hall–Kier alpha value is -3.88. The number of halogens is 1. The van der Waals surface area contributed by atoms with Crippen LogP contribution >= 0.6 is 22.9 Å². The third-order valence-electron chi connectivity index (χ3n) is 6.10. The number of aliphatic hydroxyl groups is 1. The number of anilines is 1. The zero-order chi connectivity index (χ0) is 26.8. The van der Waals surface area contributed by atoms with Crippen LogP contribution in [0.5, 0.6) is 11.5 Å². The van der Waals surface area contributed by atoms with Gasteiger partial charge in [0, 0.05) is 10.6 Å². The van der Waals surface area contributed by atoms with Gasteiger partial charge in [-0.05, 0) is 73.5 Å². The summed E-state index contributed by atoms with van der Waals surface area (Å²) in [6.07, 6.45) is 0.866. The van der Waals surface area contributed by atoms with E-state index in [1.807, 2.05) is 32.0 Å². The fourth-order valence-corrected chi connectivity index (χ4v) is 5.47. The first-order valence-corrected chi connectivity index (χ1v) is 13.4. The lowest BCUT2D eigenvalue weighted by molar-refractivity contribution is -0.132. The van der Waals surface area contributed by atoms with Crippen LogP contribution in [0.3, 0.4) is 0 Å². The minimum atomic E-state index is -0.893. The minimum absolute atomic E-state index is 0.0196. The number of fused-ring (bicyclic) bond motifs is 1. The van der Waals surface area contributed by atoms with E-state index in [9.17, 15) is 14.7 Å². The van der Waals surface area contributed by atoms with Gasteiger partial charge in [-0.25, -0.2) is 4.98 Å². The van der Waals surface area contributed by atoms with E-state index in [0.29, 0.717) is 51.5 Å². The van der Waals surface area contributed by atoms with Crippen molar-refractivity contribution in [3.63, 3.8) is 0 Å². The maximum Gasteiger partial charge on any atom is 0.301 e. The molecule has 194 valence electrons. The molecule has 1 amide bonds. The smallest absolute Gasteiger partial charge is 0.301 e. The van der Waals surface area contributed by atoms with Crippen molar-refractivity contribution in [2.45, 2.75) is 26.3 Å². The molecule has 7 nitrogen and oxygen atoms in total. The van der Waals surface area contributed by atoms with Gasteiger partial charge < -0.3 is 14.6 Å². The zero-order valence-electron chi connectivity index (χ0n) is 20.8. The Morgan fingerprint density at radius 1 is 1.00 bits per heavy atom. The molecule has 0 bridgehead atoms. The zero-order valence-corrected chi connectivity index (χ0v) is 22.4. The largest absolute Gasteiger partial charge is 0.507 e. The Morgan fingerprint density at radius 2 is 1.71 bits per heavy atom. The van der Waals surface area contributed by atoms with Crippen molar-refractivity contribution in [2.75, 3.05) is 18.1 Å². The molecule has 0 saturated carbocycles. The second-order valence-electron chi connectivity index (χ2n) is 8.65. The number of hydrogen-bond donors (Lipinski definition) is 1. The highest BCUT2D eigenvalue weighted by atomic mass is 35.5. The van der Waals surface area contributed by atoms with Gasteiger partial charge in [0.2, 0.25) is 0 Å². The van der Waals surface area contributed by atoms with Gasteiger partial charge in [-0.15, -0.1) is 0 Å². The molecule has 1 fully saturated rings. The van der Waals surface area contributed by atoms with Crippen LogP contribution in [0, 0.1) is 0 Å². The molecule has 38 heavy (non-hydrogen) atoms. The highest BCUT2D eigenvalue weighted by molar-refractivity contribution is 7.22. The van der Waals surface area contributed by atoms with Crippen molar-refractivity contribution in [1.29, 1.82) is 0 Å². The number of rotatable bonds is 8. The van der Waals surface area contributed by atoms with Crippen LogP contribution in [0.1, 0.15) is 37.4 Å². The number of carbonyl (C=O) groups excluding carboxylic acids is 2. The summed E-state index contributed by atoms with van der Waals surface area (Å²) in [5, 5.41) is 12.2. The molecule has 0 radical (unpaired) electrons. The average Bonchev–Trinajstić information content (AvgIpc) is 3.45. The molecule has 2 heterocycles. The summed E-state index contributed by atoms with van der Waals surface area (Å²) < 4.78 is 12.0. The quantitative estimate of drug-likeness (QED) is 0.149. The molecular formula is C29H25ClN2O5S. The van der Waals surface area contributed by atoms with E-state index >= 15 is 0 Å². The van der Waals surface area contributed by atoms with Crippen LogP contribution in [0.4, 0.5) is 5.13 Å². The van der Waals surface area contributed by atoms with Crippen LogP contribution in [-0.4, -0.2) is 35.0 Å². The summed E-state index contributed by atoms with van der Waals surface area (Å²) in [6.45, 7) is 5.01. The van der Waals surface area contributed by atoms with E-state index in [0.717, 1.165) is 11.1 Å². The van der Waals surface area contributed by atoms with Gasteiger partial charge in [0.25, 0.3) is 5.78 Å². The second-order valence-corrected chi connectivity index (χ2v) is 10.1. The SMILES string of the molecule is CCCOc1ccc(C(O)=C2C(=O)C(=O)N(c3nc4ccc(OCC)cc4s3)C2c2ccc(Cl)cc2)cc1. The number of amides is 1. The Labute approximate surface area is 228 Å². The molecule has 9 heteroatoms. The predicted octanol–water partition coefficient (Wildman–Crippen LogP) is 6.76. The number of nitrogens with zero attached hydrogens (tertiary/aromatic N) is 2. The predicted molar refractivity (Wildman–Crippen MR) is 149 cm³/mol. The van der Waals surface area contributed by atoms with Gasteiger partial charge in [-0.1, -0.05) is 42.0 Å². The van der Waals surface area contributed by atoms with Gasteiger partial charge in [-0.2, -0.15) is 0 Å². The fourth-order valence-electron chi connectivity index (χ4n) is 4.33. The second kappa shape index (κ2) is 10.8. The Bertz CT molecular complexity index is 1530. The lowest BCUT2D eigenvalue weighted by Crippen LogP contribution is -2.29. The maximum absolute atomic E-state index is 13.4. The molecule has 1 unspecified atom stereocenters. The van der Waals surface area contributed by atoms with Gasteiger partial charge in [0.15, 0.2) is 5.13 Å². The van der Waals surface area contributed by atoms with Crippen molar-refractivity contribution in [3.05, 3.63) is 88.5 Å². The average molecular weight is 549 g/mol. The molecule has 1 N–H and O–H groups in total. The summed E-state index contributed by atoms with van der Waals surface area (Å²) in [4.78, 5) is 32.9. The molecule has 1 saturated heterocycles. The standard InChI is InChI=1S/C29H25ClN2O5S/c1-3-15-37-20-11-7-18(8-12-20)26(33)24-25(17-5-9-19(30)10-6-17)32(28(35)27(24)34)29-31-22-14-13-21(36-4-2)16-23(22)38-29/h5-14,16,25,33H,3-4,15H2,1-2H3. The first-order valence-electron chi connectivity index (χ1n) is 12.2. The molecule has 1 atom stereocenters. The van der Waals surface area contributed by atoms with Crippen LogP contribution in [0.2, 0.25) is 5.02 Å². The highest BCUT2D eigenvalue weighted by Crippen LogP contribution is 2.44. The highest BCUT2D eigenvalue weighted by Gasteiger charge is 2.48. The maximum atomic E-state index is 13.4. The van der Waals surface area contributed by atoms with Crippen LogP contribution < -0.4 is 14.4 Å². The van der Waals surface area contributed by atoms with Crippen LogP contribution in [0.15, 0.2) is 72.3 Å². The van der Waals surface area contributed by atoms with Crippen molar-refractivity contribution >= 4 is 55.7 Å². The van der Waals surface area contributed by atoms with E-state index in [-0.39, 0.29) is 11.3 Å². The number of aliphatic hydroxyl groups excluding tert-OH is 1. The molecule has 1 aliphatic rings. The molecule has 5 rings (SSSR count). The molecular weight excluding hydrogens is 524 g/mol. The van der Waals surface area contributed by atoms with E-state index in [4.69, 9.17) is 21.1 Å². The monoisotopic (exact) mass is 548 g/mol. The minimum Gasteiger partial charge on any atom is -0.507 e. The number of ether oxygens (including phenoxy) is 2. The van der Waals surface area contributed by atoms with E-state index in [2.05, 4.69) is 4.98 Å². The first kappa shape index (κ1) is 25.8. The van der Waals surface area contributed by atoms with Gasteiger partial charge in [0.05, 0.1) is 35.0 Å². The number of Topliss-reactive ketones (excluding diaryl/α,β-unsaturated/α-hetero) is 1. The Balaban J connectivity index is 1.62. The Morgan fingerprint density at radius 3 is 2.39 bits per heavy atom. The van der Waals surface area contributed by atoms with E-state index in [1.165, 1.54) is 16.2 Å². The van der Waals surface area contributed by atoms with Crippen molar-refractivity contribution in [3.8, 4) is 11.5 Å². The third-order valence-corrected chi connectivity index (χ3v) is 7.37. The number of benzene rings is 3. The molecule has 4 aromatic rings. The first-order chi connectivity index (χ1) is 18.4. The number of aromatic nitrogens is 1. The lowest BCUT2D eigenvalue weighted by Gasteiger charge is -2.23. The number of thiazole rings is 1. The fraction of sp³-hybridized carbons (Fsp3) is 0.207. The summed E-state index contributed by atoms with van der Waals surface area (Å²) in [6, 6.07) is 18.2. The summed E-state index contributed by atoms with van der Waals surface area (Å²) in [5.41, 5.74) is 1.67. The van der Waals surface area contributed by atoms with Gasteiger partial charge >= 0.3 is 5.91 Å². The van der Waals surface area contributed by atoms with Crippen molar-refractivity contribution in [2.24, 2.45) is 0 Å². The van der Waals surface area contributed by atoms with Crippen molar-refractivity contribution in [1.82, 2.24) is 4.98 Å². The summed E-state index contributed by atoms with van der Waals surface area (Å²) in [5.74, 6) is -0.481. The van der Waals surface area contributed by atoms with Gasteiger partial charge in [0.1, 0.15) is 17.3 Å². The van der Waals surface area contributed by atoms with Crippen LogP contribution in [0.25, 0.3) is 16.0 Å². The van der Waals surface area contributed by atoms with Crippen molar-refractivity contribution < 1.29 is 24.2 Å². The topological polar surface area (TPSA) is 89.0 Å². The number of ketones is 1. The third kappa shape index (κ3) is 4.85. The summed E-state index contributed by atoms with van der Waals surface area (Å²) >= 11 is 7.40.